The van der Waals surface area contributed by atoms with Gasteiger partial charge in [0.05, 0.1) is 12.4 Å². The fourth-order valence-electron chi connectivity index (χ4n) is 2.99. The molecule has 22 heavy (non-hydrogen) atoms. The minimum atomic E-state index is 0.00641. The van der Waals surface area contributed by atoms with Gasteiger partial charge < -0.3 is 14.8 Å². The van der Waals surface area contributed by atoms with Crippen molar-refractivity contribution >= 4 is 6.03 Å². The number of carbonyl (C=O) groups excluding carboxylic acids is 1. The van der Waals surface area contributed by atoms with Crippen molar-refractivity contribution in [3.05, 3.63) is 48.8 Å². The SMILES string of the molecule is C[C@@H](Cn1ccnc1)NC(=O)N1CCC[C@@H]1c1ccncc1. The molecule has 2 atom stereocenters. The van der Waals surface area contributed by atoms with Gasteiger partial charge >= 0.3 is 6.03 Å². The Bertz CT molecular complexity index is 598. The fourth-order valence-corrected chi connectivity index (χ4v) is 2.99. The highest BCUT2D eigenvalue weighted by molar-refractivity contribution is 5.75. The summed E-state index contributed by atoms with van der Waals surface area (Å²) in [5.41, 5.74) is 1.16. The van der Waals surface area contributed by atoms with Crippen LogP contribution in [0.25, 0.3) is 0 Å². The van der Waals surface area contributed by atoms with E-state index in [4.69, 9.17) is 0 Å². The maximum atomic E-state index is 12.5. The Hall–Kier alpha value is -2.37. The molecule has 1 aliphatic heterocycles. The monoisotopic (exact) mass is 299 g/mol. The number of nitrogens with zero attached hydrogens (tertiary/aromatic N) is 4. The zero-order valence-electron chi connectivity index (χ0n) is 12.7. The van der Waals surface area contributed by atoms with E-state index in [-0.39, 0.29) is 18.1 Å². The number of pyridine rings is 1. The van der Waals surface area contributed by atoms with Crippen molar-refractivity contribution < 1.29 is 4.79 Å². The predicted octanol–water partition coefficient (Wildman–Crippen LogP) is 2.21. The van der Waals surface area contributed by atoms with Crippen LogP contribution in [0.3, 0.4) is 0 Å². The Kier molecular flexibility index (Phi) is 4.37. The molecule has 0 spiro atoms. The average molecular weight is 299 g/mol. The number of likely N-dealkylation sites (tertiary alicyclic amines) is 1. The first-order valence-electron chi connectivity index (χ1n) is 7.67. The van der Waals surface area contributed by atoms with Gasteiger partial charge in [-0.2, -0.15) is 0 Å². The molecule has 2 aromatic rings. The number of amides is 2. The van der Waals surface area contributed by atoms with Crippen molar-refractivity contribution in [2.24, 2.45) is 0 Å². The third kappa shape index (κ3) is 3.27. The average Bonchev–Trinajstić information content (AvgIpc) is 3.18. The normalized spacial score (nSPS) is 19.1. The number of hydrogen-bond acceptors (Lipinski definition) is 3. The van der Waals surface area contributed by atoms with Crippen molar-refractivity contribution in [1.29, 1.82) is 0 Å². The molecular weight excluding hydrogens is 278 g/mol. The van der Waals surface area contributed by atoms with Crippen LogP contribution < -0.4 is 5.32 Å². The highest BCUT2D eigenvalue weighted by Gasteiger charge is 2.30. The molecular formula is C16H21N5O. The Balaban J connectivity index is 1.61. The van der Waals surface area contributed by atoms with Crippen molar-refractivity contribution in [2.75, 3.05) is 6.54 Å². The topological polar surface area (TPSA) is 63.1 Å². The van der Waals surface area contributed by atoms with Crippen LogP contribution in [0.4, 0.5) is 4.79 Å². The Morgan fingerprint density at radius 3 is 2.91 bits per heavy atom. The third-order valence-corrected chi connectivity index (χ3v) is 4.02. The summed E-state index contributed by atoms with van der Waals surface area (Å²) < 4.78 is 1.97. The minimum absolute atomic E-state index is 0.00641. The van der Waals surface area contributed by atoms with Gasteiger partial charge in [0.15, 0.2) is 0 Å². The predicted molar refractivity (Wildman–Crippen MR) is 83.1 cm³/mol. The smallest absolute Gasteiger partial charge is 0.318 e. The molecule has 3 heterocycles. The highest BCUT2D eigenvalue weighted by Crippen LogP contribution is 2.31. The maximum Gasteiger partial charge on any atom is 0.318 e. The molecule has 1 fully saturated rings. The molecule has 2 aromatic heterocycles. The molecule has 2 amide bonds. The molecule has 0 saturated carbocycles. The van der Waals surface area contributed by atoms with Crippen LogP contribution >= 0.6 is 0 Å². The lowest BCUT2D eigenvalue weighted by atomic mass is 10.1. The first-order valence-corrected chi connectivity index (χ1v) is 7.67. The van der Waals surface area contributed by atoms with E-state index in [1.165, 1.54) is 0 Å². The molecule has 6 nitrogen and oxygen atoms in total. The number of carbonyl (C=O) groups is 1. The molecule has 0 radical (unpaired) electrons. The Labute approximate surface area is 130 Å². The number of urea groups is 1. The van der Waals surface area contributed by atoms with E-state index in [0.29, 0.717) is 0 Å². The summed E-state index contributed by atoms with van der Waals surface area (Å²) in [6.45, 7) is 3.53. The summed E-state index contributed by atoms with van der Waals surface area (Å²) in [5.74, 6) is 0. The third-order valence-electron chi connectivity index (χ3n) is 4.02. The van der Waals surface area contributed by atoms with E-state index >= 15 is 0 Å². The van der Waals surface area contributed by atoms with Gasteiger partial charge in [0.1, 0.15) is 0 Å². The zero-order valence-corrected chi connectivity index (χ0v) is 12.7. The van der Waals surface area contributed by atoms with Crippen LogP contribution in [0.5, 0.6) is 0 Å². The summed E-state index contributed by atoms with van der Waals surface area (Å²) in [6, 6.07) is 4.20. The van der Waals surface area contributed by atoms with Crippen molar-refractivity contribution in [3.63, 3.8) is 0 Å². The van der Waals surface area contributed by atoms with Gasteiger partial charge in [-0.05, 0) is 37.5 Å². The van der Waals surface area contributed by atoms with Crippen LogP contribution in [0.2, 0.25) is 0 Å². The van der Waals surface area contributed by atoms with E-state index in [2.05, 4.69) is 15.3 Å². The van der Waals surface area contributed by atoms with Gasteiger partial charge in [0.25, 0.3) is 0 Å². The van der Waals surface area contributed by atoms with Gasteiger partial charge in [-0.15, -0.1) is 0 Å². The standard InChI is InChI=1S/C16H21N5O/c1-13(11-20-10-8-18-12-20)19-16(22)21-9-2-3-15(21)14-4-6-17-7-5-14/h4-8,10,12-13,15H,2-3,9,11H2,1H3,(H,19,22)/t13-,15+/m0/s1. The van der Waals surface area contributed by atoms with E-state index in [1.807, 2.05) is 34.7 Å². The van der Waals surface area contributed by atoms with Crippen molar-refractivity contribution in [3.8, 4) is 0 Å². The first-order chi connectivity index (χ1) is 10.7. The Morgan fingerprint density at radius 1 is 1.36 bits per heavy atom. The second kappa shape index (κ2) is 6.60. The molecule has 1 N–H and O–H groups in total. The molecule has 0 bridgehead atoms. The summed E-state index contributed by atoms with van der Waals surface area (Å²) >= 11 is 0. The van der Waals surface area contributed by atoms with Crippen LogP contribution in [-0.2, 0) is 6.54 Å². The van der Waals surface area contributed by atoms with Gasteiger partial charge in [0, 0.05) is 43.9 Å². The summed E-state index contributed by atoms with van der Waals surface area (Å²) in [6.07, 6.45) is 11.0. The van der Waals surface area contributed by atoms with Gasteiger partial charge in [-0.25, -0.2) is 9.78 Å². The lowest BCUT2D eigenvalue weighted by molar-refractivity contribution is 0.188. The molecule has 1 saturated heterocycles. The quantitative estimate of drug-likeness (QED) is 0.941. The first kappa shape index (κ1) is 14.6. The minimum Gasteiger partial charge on any atom is -0.335 e. The number of imidazole rings is 1. The molecule has 0 aromatic carbocycles. The molecule has 116 valence electrons. The lowest BCUT2D eigenvalue weighted by Gasteiger charge is -2.27. The highest BCUT2D eigenvalue weighted by atomic mass is 16.2. The molecule has 6 heteroatoms. The van der Waals surface area contributed by atoms with Crippen molar-refractivity contribution in [1.82, 2.24) is 24.8 Å². The number of hydrogen-bond donors (Lipinski definition) is 1. The van der Waals surface area contributed by atoms with Crippen LogP contribution in [0.1, 0.15) is 31.4 Å². The van der Waals surface area contributed by atoms with E-state index in [1.54, 1.807) is 24.9 Å². The molecule has 0 aliphatic carbocycles. The van der Waals surface area contributed by atoms with E-state index in [9.17, 15) is 4.79 Å². The summed E-state index contributed by atoms with van der Waals surface area (Å²) in [4.78, 5) is 22.5. The van der Waals surface area contributed by atoms with Gasteiger partial charge in [-0.3, -0.25) is 4.98 Å². The summed E-state index contributed by atoms with van der Waals surface area (Å²) in [5, 5.41) is 3.08. The fraction of sp³-hybridized carbons (Fsp3) is 0.438. The molecule has 3 rings (SSSR count). The van der Waals surface area contributed by atoms with Gasteiger partial charge in [-0.1, -0.05) is 0 Å². The molecule has 1 aliphatic rings. The largest absolute Gasteiger partial charge is 0.335 e. The van der Waals surface area contributed by atoms with E-state index in [0.717, 1.165) is 31.5 Å². The second-order valence-corrected chi connectivity index (χ2v) is 5.74. The van der Waals surface area contributed by atoms with Crippen LogP contribution in [-0.4, -0.2) is 38.1 Å². The zero-order chi connectivity index (χ0) is 15.4. The number of nitrogens with one attached hydrogen (secondary N) is 1. The van der Waals surface area contributed by atoms with Crippen LogP contribution in [0.15, 0.2) is 43.2 Å². The van der Waals surface area contributed by atoms with Crippen LogP contribution in [0, 0.1) is 0 Å². The van der Waals surface area contributed by atoms with Crippen molar-refractivity contribution in [2.45, 2.75) is 38.4 Å². The number of aromatic nitrogens is 3. The number of rotatable bonds is 4. The maximum absolute atomic E-state index is 12.5. The van der Waals surface area contributed by atoms with Gasteiger partial charge in [0.2, 0.25) is 0 Å². The summed E-state index contributed by atoms with van der Waals surface area (Å²) in [7, 11) is 0. The Morgan fingerprint density at radius 2 is 2.18 bits per heavy atom. The van der Waals surface area contributed by atoms with E-state index < -0.39 is 0 Å². The second-order valence-electron chi connectivity index (χ2n) is 5.74. The molecule has 0 unspecified atom stereocenters. The lowest BCUT2D eigenvalue weighted by Crippen LogP contribution is -2.44.